The summed E-state index contributed by atoms with van der Waals surface area (Å²) in [5, 5.41) is 12.6. The number of aliphatic hydroxyl groups is 1. The number of anilines is 1. The Balaban J connectivity index is 2.30. The summed E-state index contributed by atoms with van der Waals surface area (Å²) >= 11 is 0. The number of benzene rings is 1. The Morgan fingerprint density at radius 3 is 2.62 bits per heavy atom. The van der Waals surface area contributed by atoms with E-state index in [1.54, 1.807) is 18.2 Å². The second-order valence-electron chi connectivity index (χ2n) is 4.18. The van der Waals surface area contributed by atoms with E-state index in [-0.39, 0.29) is 18.9 Å². The molecular formula is C14H21F2NO4. The highest BCUT2D eigenvalue weighted by Gasteiger charge is 2.10. The van der Waals surface area contributed by atoms with E-state index in [2.05, 4.69) is 10.1 Å². The average molecular weight is 305 g/mol. The third kappa shape index (κ3) is 7.79. The molecule has 0 heterocycles. The van der Waals surface area contributed by atoms with Crippen LogP contribution >= 0.6 is 0 Å². The maximum absolute atomic E-state index is 12.2. The molecule has 0 aliphatic rings. The van der Waals surface area contributed by atoms with Gasteiger partial charge in [-0.15, -0.1) is 0 Å². The molecule has 0 saturated heterocycles. The molecule has 0 radical (unpaired) electrons. The van der Waals surface area contributed by atoms with Crippen molar-refractivity contribution in [3.05, 3.63) is 24.3 Å². The van der Waals surface area contributed by atoms with Gasteiger partial charge >= 0.3 is 6.61 Å². The predicted molar refractivity (Wildman–Crippen MR) is 74.9 cm³/mol. The standard InChI is InChI=1S/C14H21F2NO4/c1-2-19-7-8-20-10-11(18)9-17-12-5-3-4-6-13(12)21-14(15)16/h3-6,11,14,17-18H,2,7-10H2,1H3. The molecule has 0 aliphatic carbocycles. The molecule has 21 heavy (non-hydrogen) atoms. The van der Waals surface area contributed by atoms with E-state index in [1.165, 1.54) is 6.07 Å². The third-order valence-corrected chi connectivity index (χ3v) is 2.52. The van der Waals surface area contributed by atoms with Crippen LogP contribution < -0.4 is 10.1 Å². The molecule has 0 fully saturated rings. The van der Waals surface area contributed by atoms with Crippen LogP contribution in [-0.2, 0) is 9.47 Å². The Labute approximate surface area is 122 Å². The van der Waals surface area contributed by atoms with Crippen molar-refractivity contribution in [1.82, 2.24) is 0 Å². The van der Waals surface area contributed by atoms with Crippen LogP contribution in [0.15, 0.2) is 24.3 Å². The number of para-hydroxylation sites is 2. The van der Waals surface area contributed by atoms with Crippen LogP contribution in [0, 0.1) is 0 Å². The van der Waals surface area contributed by atoms with Crippen LogP contribution in [0.4, 0.5) is 14.5 Å². The van der Waals surface area contributed by atoms with E-state index >= 15 is 0 Å². The number of rotatable bonds is 11. The van der Waals surface area contributed by atoms with Crippen LogP contribution in [0.5, 0.6) is 5.75 Å². The van der Waals surface area contributed by atoms with Gasteiger partial charge in [-0.25, -0.2) is 0 Å². The molecule has 1 atom stereocenters. The molecule has 0 amide bonds. The second-order valence-corrected chi connectivity index (χ2v) is 4.18. The van der Waals surface area contributed by atoms with E-state index in [0.717, 1.165) is 0 Å². The fourth-order valence-corrected chi connectivity index (χ4v) is 1.58. The molecular weight excluding hydrogens is 284 g/mol. The van der Waals surface area contributed by atoms with Crippen molar-refractivity contribution >= 4 is 5.69 Å². The van der Waals surface area contributed by atoms with Crippen LogP contribution in [-0.4, -0.2) is 50.8 Å². The van der Waals surface area contributed by atoms with Crippen molar-refractivity contribution in [1.29, 1.82) is 0 Å². The van der Waals surface area contributed by atoms with Gasteiger partial charge in [0.1, 0.15) is 5.75 Å². The smallest absolute Gasteiger partial charge is 0.387 e. The highest BCUT2D eigenvalue weighted by molar-refractivity contribution is 5.56. The zero-order valence-electron chi connectivity index (χ0n) is 11.9. The second kappa shape index (κ2) is 10.3. The minimum Gasteiger partial charge on any atom is -0.433 e. The molecule has 0 spiro atoms. The van der Waals surface area contributed by atoms with Gasteiger partial charge in [0.2, 0.25) is 0 Å². The molecule has 1 aromatic carbocycles. The Morgan fingerprint density at radius 1 is 1.19 bits per heavy atom. The third-order valence-electron chi connectivity index (χ3n) is 2.52. The minimum absolute atomic E-state index is 0.0389. The van der Waals surface area contributed by atoms with Gasteiger partial charge in [0.15, 0.2) is 0 Å². The molecule has 0 saturated carbocycles. The lowest BCUT2D eigenvalue weighted by Crippen LogP contribution is -2.26. The molecule has 1 rings (SSSR count). The Morgan fingerprint density at radius 2 is 1.90 bits per heavy atom. The number of halogens is 2. The number of aliphatic hydroxyl groups excluding tert-OH is 1. The monoisotopic (exact) mass is 305 g/mol. The highest BCUT2D eigenvalue weighted by Crippen LogP contribution is 2.25. The lowest BCUT2D eigenvalue weighted by atomic mass is 10.2. The number of hydrogen-bond donors (Lipinski definition) is 2. The van der Waals surface area contributed by atoms with Crippen molar-refractivity contribution in [3.63, 3.8) is 0 Å². The summed E-state index contributed by atoms with van der Waals surface area (Å²) in [6, 6.07) is 6.31. The molecule has 0 bridgehead atoms. The molecule has 0 aliphatic heterocycles. The van der Waals surface area contributed by atoms with Gasteiger partial charge in [0, 0.05) is 13.2 Å². The maximum Gasteiger partial charge on any atom is 0.387 e. The largest absolute Gasteiger partial charge is 0.433 e. The molecule has 0 aromatic heterocycles. The summed E-state index contributed by atoms with van der Waals surface area (Å²) in [7, 11) is 0. The predicted octanol–water partition coefficient (Wildman–Crippen LogP) is 2.11. The molecule has 1 unspecified atom stereocenters. The topological polar surface area (TPSA) is 60.0 Å². The van der Waals surface area contributed by atoms with Gasteiger partial charge < -0.3 is 24.6 Å². The summed E-state index contributed by atoms with van der Waals surface area (Å²) in [6.45, 7) is 0.791. The summed E-state index contributed by atoms with van der Waals surface area (Å²) in [5.41, 5.74) is 0.395. The van der Waals surface area contributed by atoms with Crippen LogP contribution in [0.3, 0.4) is 0 Å². The van der Waals surface area contributed by atoms with E-state index in [9.17, 15) is 13.9 Å². The first-order chi connectivity index (χ1) is 10.1. The Kier molecular flexibility index (Phi) is 8.65. The molecule has 5 nitrogen and oxygen atoms in total. The van der Waals surface area contributed by atoms with Gasteiger partial charge in [-0.2, -0.15) is 8.78 Å². The van der Waals surface area contributed by atoms with E-state index in [0.29, 0.717) is 25.5 Å². The van der Waals surface area contributed by atoms with Crippen molar-refractivity contribution in [2.24, 2.45) is 0 Å². The van der Waals surface area contributed by atoms with Crippen molar-refractivity contribution in [2.75, 3.05) is 38.3 Å². The van der Waals surface area contributed by atoms with Crippen molar-refractivity contribution in [3.8, 4) is 5.75 Å². The first kappa shape index (κ1) is 17.6. The molecule has 7 heteroatoms. The SMILES string of the molecule is CCOCCOCC(O)CNc1ccccc1OC(F)F. The normalized spacial score (nSPS) is 12.4. The van der Waals surface area contributed by atoms with Gasteiger partial charge in [0.05, 0.1) is 31.6 Å². The van der Waals surface area contributed by atoms with E-state index < -0.39 is 12.7 Å². The van der Waals surface area contributed by atoms with Gasteiger partial charge in [-0.1, -0.05) is 12.1 Å². The van der Waals surface area contributed by atoms with Gasteiger partial charge in [-0.3, -0.25) is 0 Å². The van der Waals surface area contributed by atoms with E-state index in [1.807, 2.05) is 6.92 Å². The van der Waals surface area contributed by atoms with Crippen LogP contribution in [0.25, 0.3) is 0 Å². The van der Waals surface area contributed by atoms with Gasteiger partial charge in [-0.05, 0) is 19.1 Å². The Hall–Kier alpha value is -1.44. The number of ether oxygens (including phenoxy) is 3. The maximum atomic E-state index is 12.2. The molecule has 1 aromatic rings. The van der Waals surface area contributed by atoms with Gasteiger partial charge in [0.25, 0.3) is 0 Å². The summed E-state index contributed by atoms with van der Waals surface area (Å²) in [6.07, 6.45) is -0.758. The van der Waals surface area contributed by atoms with Crippen molar-refractivity contribution < 1.29 is 28.1 Å². The van der Waals surface area contributed by atoms with Crippen molar-refractivity contribution in [2.45, 2.75) is 19.6 Å². The number of hydrogen-bond acceptors (Lipinski definition) is 5. The minimum atomic E-state index is -2.89. The molecule has 2 N–H and O–H groups in total. The highest BCUT2D eigenvalue weighted by atomic mass is 19.3. The first-order valence-corrected chi connectivity index (χ1v) is 6.74. The quantitative estimate of drug-likeness (QED) is 0.613. The summed E-state index contributed by atoms with van der Waals surface area (Å²) < 4.78 is 39.2. The number of nitrogens with one attached hydrogen (secondary N) is 1. The summed E-state index contributed by atoms with van der Waals surface area (Å²) in [5.74, 6) is 0.0389. The lowest BCUT2D eigenvalue weighted by Gasteiger charge is -2.15. The fraction of sp³-hybridized carbons (Fsp3) is 0.571. The first-order valence-electron chi connectivity index (χ1n) is 6.74. The fourth-order valence-electron chi connectivity index (χ4n) is 1.58. The molecule has 120 valence electrons. The summed E-state index contributed by atoms with van der Waals surface area (Å²) in [4.78, 5) is 0. The zero-order chi connectivity index (χ0) is 15.5. The van der Waals surface area contributed by atoms with Crippen LogP contribution in [0.2, 0.25) is 0 Å². The van der Waals surface area contributed by atoms with E-state index in [4.69, 9.17) is 9.47 Å². The van der Waals surface area contributed by atoms with Crippen LogP contribution in [0.1, 0.15) is 6.92 Å². The average Bonchev–Trinajstić information content (AvgIpc) is 2.45. The zero-order valence-corrected chi connectivity index (χ0v) is 11.9. The lowest BCUT2D eigenvalue weighted by molar-refractivity contribution is -0.0493. The Bertz CT molecular complexity index is 393. The number of alkyl halides is 2.